The number of carbonyl (C=O) groups excluding carboxylic acids is 1. The van der Waals surface area contributed by atoms with Gasteiger partial charge in [0, 0.05) is 6.07 Å². The van der Waals surface area contributed by atoms with E-state index in [1.807, 2.05) is 6.92 Å². The highest BCUT2D eigenvalue weighted by molar-refractivity contribution is 7.91. The molecule has 2 aromatic carbocycles. The number of hydrogen-bond donors (Lipinski definition) is 1. The molecule has 28 heavy (non-hydrogen) atoms. The molecule has 0 aliphatic rings. The summed E-state index contributed by atoms with van der Waals surface area (Å²) >= 11 is 6.08. The topological polar surface area (TPSA) is 98.1 Å². The predicted octanol–water partition coefficient (Wildman–Crippen LogP) is 2.68. The Labute approximate surface area is 166 Å². The number of sulfone groups is 1. The van der Waals surface area contributed by atoms with Crippen LogP contribution in [0, 0.1) is 6.92 Å². The molecule has 1 N–H and O–H groups in total. The van der Waals surface area contributed by atoms with Gasteiger partial charge in [0.1, 0.15) is 6.54 Å². The van der Waals surface area contributed by atoms with Gasteiger partial charge >= 0.3 is 0 Å². The molecule has 0 bridgehead atoms. The molecule has 0 aliphatic carbocycles. The third-order valence-corrected chi connectivity index (χ3v) is 5.84. The minimum absolute atomic E-state index is 0.0450. The van der Waals surface area contributed by atoms with E-state index in [0.717, 1.165) is 22.4 Å². The van der Waals surface area contributed by atoms with Crippen molar-refractivity contribution in [2.45, 2.75) is 23.4 Å². The maximum Gasteiger partial charge on any atom is 0.267 e. The number of carbonyl (C=O) groups is 1. The van der Waals surface area contributed by atoms with Crippen LogP contribution in [0.2, 0.25) is 5.02 Å². The third kappa shape index (κ3) is 4.29. The van der Waals surface area contributed by atoms with Crippen molar-refractivity contribution in [1.29, 1.82) is 0 Å². The number of amides is 1. The van der Waals surface area contributed by atoms with E-state index in [-0.39, 0.29) is 9.92 Å². The fraction of sp³-hybridized carbons (Fsp3) is 0.105. The minimum Gasteiger partial charge on any atom is -0.323 e. The van der Waals surface area contributed by atoms with Crippen LogP contribution in [0.5, 0.6) is 0 Å². The van der Waals surface area contributed by atoms with Crippen LogP contribution in [0.3, 0.4) is 0 Å². The Morgan fingerprint density at radius 1 is 1.11 bits per heavy atom. The van der Waals surface area contributed by atoms with Crippen molar-refractivity contribution in [2.75, 3.05) is 5.32 Å². The first-order valence-electron chi connectivity index (χ1n) is 8.22. The normalized spacial score (nSPS) is 11.2. The van der Waals surface area contributed by atoms with E-state index in [4.69, 9.17) is 11.6 Å². The zero-order valence-electron chi connectivity index (χ0n) is 14.8. The lowest BCUT2D eigenvalue weighted by Gasteiger charge is -2.10. The maximum atomic E-state index is 12.7. The molecule has 3 aromatic rings. The summed E-state index contributed by atoms with van der Waals surface area (Å²) in [4.78, 5) is 24.4. The Kier molecular flexibility index (Phi) is 5.62. The van der Waals surface area contributed by atoms with E-state index in [2.05, 4.69) is 10.4 Å². The van der Waals surface area contributed by atoms with Crippen molar-refractivity contribution in [3.8, 4) is 0 Å². The maximum absolute atomic E-state index is 12.7. The van der Waals surface area contributed by atoms with Crippen LogP contribution in [-0.4, -0.2) is 24.1 Å². The molecule has 3 rings (SSSR count). The molecule has 0 fully saturated rings. The van der Waals surface area contributed by atoms with Crippen molar-refractivity contribution in [2.24, 2.45) is 0 Å². The van der Waals surface area contributed by atoms with Crippen LogP contribution in [0.1, 0.15) is 5.56 Å². The van der Waals surface area contributed by atoms with Crippen molar-refractivity contribution >= 4 is 33.0 Å². The first-order chi connectivity index (χ1) is 13.3. The molecule has 0 radical (unpaired) electrons. The summed E-state index contributed by atoms with van der Waals surface area (Å²) in [7, 11) is -3.91. The quantitative estimate of drug-likeness (QED) is 0.688. The van der Waals surface area contributed by atoms with Crippen LogP contribution < -0.4 is 10.9 Å². The Bertz CT molecular complexity index is 1190. The predicted molar refractivity (Wildman–Crippen MR) is 105 cm³/mol. The van der Waals surface area contributed by atoms with Gasteiger partial charge in [-0.05, 0) is 42.8 Å². The number of nitrogens with zero attached hydrogens (tertiary/aromatic N) is 2. The lowest BCUT2D eigenvalue weighted by Crippen LogP contribution is -2.30. The summed E-state index contributed by atoms with van der Waals surface area (Å²) in [5, 5.41) is 6.48. The number of hydrogen-bond acceptors (Lipinski definition) is 5. The lowest BCUT2D eigenvalue weighted by molar-refractivity contribution is -0.117. The molecule has 0 spiro atoms. The van der Waals surface area contributed by atoms with Crippen LogP contribution in [0.25, 0.3) is 0 Å². The van der Waals surface area contributed by atoms with Crippen LogP contribution in [-0.2, 0) is 21.2 Å². The summed E-state index contributed by atoms with van der Waals surface area (Å²) in [5.41, 5.74) is 0.718. The van der Waals surface area contributed by atoms with Gasteiger partial charge in [0.15, 0.2) is 5.03 Å². The van der Waals surface area contributed by atoms with Crippen LogP contribution in [0.4, 0.5) is 5.69 Å². The van der Waals surface area contributed by atoms with Gasteiger partial charge in [-0.15, -0.1) is 0 Å². The van der Waals surface area contributed by atoms with Crippen molar-refractivity contribution < 1.29 is 13.2 Å². The van der Waals surface area contributed by atoms with E-state index in [1.165, 1.54) is 12.1 Å². The van der Waals surface area contributed by atoms with Crippen LogP contribution >= 0.6 is 11.6 Å². The molecule has 0 unspecified atom stereocenters. The standard InChI is InChI=1S/C19H16ClN3O4S/c1-13-7-8-16(15(20)11-13)21-17(24)12-23-19(25)10-9-18(22-23)28(26,27)14-5-3-2-4-6-14/h2-11H,12H2,1H3,(H,21,24). The summed E-state index contributed by atoms with van der Waals surface area (Å²) in [6.45, 7) is 1.40. The Morgan fingerprint density at radius 2 is 1.82 bits per heavy atom. The van der Waals surface area contributed by atoms with Gasteiger partial charge in [0.2, 0.25) is 15.7 Å². The molecule has 0 aliphatic heterocycles. The number of halogens is 1. The molecule has 0 saturated carbocycles. The van der Waals surface area contributed by atoms with Crippen molar-refractivity contribution in [3.63, 3.8) is 0 Å². The second kappa shape index (κ2) is 7.95. The van der Waals surface area contributed by atoms with Gasteiger partial charge in [-0.3, -0.25) is 9.59 Å². The second-order valence-electron chi connectivity index (χ2n) is 6.02. The molecule has 0 saturated heterocycles. The molecular formula is C19H16ClN3O4S. The monoisotopic (exact) mass is 417 g/mol. The number of aromatic nitrogens is 2. The van der Waals surface area contributed by atoms with Gasteiger partial charge in [0.05, 0.1) is 15.6 Å². The average molecular weight is 418 g/mol. The first-order valence-corrected chi connectivity index (χ1v) is 10.1. The van der Waals surface area contributed by atoms with Gasteiger partial charge in [-0.2, -0.15) is 5.10 Å². The van der Waals surface area contributed by atoms with Gasteiger partial charge in [-0.1, -0.05) is 35.9 Å². The molecule has 1 aromatic heterocycles. The van der Waals surface area contributed by atoms with Crippen molar-refractivity contribution in [3.05, 3.63) is 81.6 Å². The van der Waals surface area contributed by atoms with Gasteiger partial charge in [-0.25, -0.2) is 13.1 Å². The smallest absolute Gasteiger partial charge is 0.267 e. The molecule has 1 amide bonds. The van der Waals surface area contributed by atoms with E-state index in [1.54, 1.807) is 36.4 Å². The van der Waals surface area contributed by atoms with E-state index in [0.29, 0.717) is 10.7 Å². The first kappa shape index (κ1) is 19.8. The molecule has 144 valence electrons. The fourth-order valence-electron chi connectivity index (χ4n) is 2.45. The minimum atomic E-state index is -3.91. The highest BCUT2D eigenvalue weighted by Crippen LogP contribution is 2.22. The number of rotatable bonds is 5. The molecule has 7 nitrogen and oxygen atoms in total. The number of anilines is 1. The third-order valence-electron chi connectivity index (χ3n) is 3.86. The summed E-state index contributed by atoms with van der Waals surface area (Å²) in [6.07, 6.45) is 0. The number of nitrogens with one attached hydrogen (secondary N) is 1. The lowest BCUT2D eigenvalue weighted by atomic mass is 10.2. The summed E-state index contributed by atoms with van der Waals surface area (Å²) in [6, 6.07) is 15.0. The van der Waals surface area contributed by atoms with Crippen LogP contribution in [0.15, 0.2) is 75.4 Å². The summed E-state index contributed by atoms with van der Waals surface area (Å²) < 4.78 is 26.1. The number of benzene rings is 2. The van der Waals surface area contributed by atoms with Gasteiger partial charge < -0.3 is 5.32 Å². The van der Waals surface area contributed by atoms with E-state index in [9.17, 15) is 18.0 Å². The average Bonchev–Trinajstić information content (AvgIpc) is 2.66. The Hall–Kier alpha value is -2.97. The number of aryl methyl sites for hydroxylation is 1. The molecule has 0 atom stereocenters. The highest BCUT2D eigenvalue weighted by atomic mass is 35.5. The largest absolute Gasteiger partial charge is 0.323 e. The second-order valence-corrected chi connectivity index (χ2v) is 8.32. The fourth-order valence-corrected chi connectivity index (χ4v) is 3.95. The van der Waals surface area contributed by atoms with Crippen molar-refractivity contribution in [1.82, 2.24) is 9.78 Å². The zero-order chi connectivity index (χ0) is 20.3. The SMILES string of the molecule is Cc1ccc(NC(=O)Cn2nc(S(=O)(=O)c3ccccc3)ccc2=O)c(Cl)c1. The Balaban J connectivity index is 1.86. The molecule has 9 heteroatoms. The molecular weight excluding hydrogens is 402 g/mol. The van der Waals surface area contributed by atoms with E-state index >= 15 is 0 Å². The summed E-state index contributed by atoms with van der Waals surface area (Å²) in [5.74, 6) is -0.561. The molecule has 1 heterocycles. The van der Waals surface area contributed by atoms with Gasteiger partial charge in [0.25, 0.3) is 5.56 Å². The van der Waals surface area contributed by atoms with E-state index < -0.39 is 27.8 Å². The Morgan fingerprint density at radius 3 is 2.50 bits per heavy atom. The highest BCUT2D eigenvalue weighted by Gasteiger charge is 2.20. The zero-order valence-corrected chi connectivity index (χ0v) is 16.4.